The molecule has 5 nitrogen and oxygen atoms in total. The van der Waals surface area contributed by atoms with Crippen molar-refractivity contribution in [2.24, 2.45) is 0 Å². The van der Waals surface area contributed by atoms with Gasteiger partial charge in [-0.3, -0.25) is 0 Å². The minimum absolute atomic E-state index is 0.117. The molecule has 0 aliphatic carbocycles. The average molecular weight is 450 g/mol. The summed E-state index contributed by atoms with van der Waals surface area (Å²) in [6.45, 7) is 1.27. The van der Waals surface area contributed by atoms with Gasteiger partial charge in [0, 0.05) is 13.1 Å². The van der Waals surface area contributed by atoms with Crippen LogP contribution in [0.1, 0.15) is 29.5 Å². The SMILES string of the molecule is COc1ccc(CN2CCCC(S(=O)(=O)c3ccc(CO)cc3)=C2c2ccccc2)cc1. The summed E-state index contributed by atoms with van der Waals surface area (Å²) >= 11 is 0. The van der Waals surface area contributed by atoms with Gasteiger partial charge < -0.3 is 14.7 Å². The molecule has 0 saturated carbocycles. The monoisotopic (exact) mass is 449 g/mol. The number of allylic oxidation sites excluding steroid dienone is 1. The Morgan fingerprint density at radius 2 is 1.56 bits per heavy atom. The Labute approximate surface area is 189 Å². The summed E-state index contributed by atoms with van der Waals surface area (Å²) in [5.41, 5.74) is 3.43. The van der Waals surface area contributed by atoms with Crippen molar-refractivity contribution in [3.63, 3.8) is 0 Å². The molecule has 0 saturated heterocycles. The second-order valence-corrected chi connectivity index (χ2v) is 9.79. The van der Waals surface area contributed by atoms with Gasteiger partial charge in [-0.1, -0.05) is 54.6 Å². The highest BCUT2D eigenvalue weighted by atomic mass is 32.2. The molecule has 1 heterocycles. The number of aliphatic hydroxyl groups is 1. The first-order valence-corrected chi connectivity index (χ1v) is 12.1. The van der Waals surface area contributed by atoms with E-state index in [1.54, 1.807) is 31.4 Å². The van der Waals surface area contributed by atoms with Crippen molar-refractivity contribution in [3.8, 4) is 5.75 Å². The summed E-state index contributed by atoms with van der Waals surface area (Å²) in [7, 11) is -2.04. The van der Waals surface area contributed by atoms with E-state index in [-0.39, 0.29) is 11.5 Å². The zero-order valence-electron chi connectivity index (χ0n) is 18.1. The second-order valence-electron chi connectivity index (χ2n) is 7.82. The standard InChI is InChI=1S/C26H27NO4S/c1-31-23-13-9-20(10-14-23)18-27-17-5-8-25(26(27)22-6-3-2-4-7-22)32(29,30)24-15-11-21(19-28)12-16-24/h2-4,6-7,9-16,28H,5,8,17-19H2,1H3. The Hall–Kier alpha value is -3.09. The Kier molecular flexibility index (Phi) is 6.63. The number of methoxy groups -OCH3 is 1. The van der Waals surface area contributed by atoms with Crippen LogP contribution in [-0.2, 0) is 23.0 Å². The third-order valence-corrected chi connectivity index (χ3v) is 7.67. The highest BCUT2D eigenvalue weighted by Crippen LogP contribution is 2.37. The molecule has 166 valence electrons. The van der Waals surface area contributed by atoms with Crippen LogP contribution in [0, 0.1) is 0 Å². The molecular formula is C26H27NO4S. The van der Waals surface area contributed by atoms with Crippen molar-refractivity contribution in [2.75, 3.05) is 13.7 Å². The maximum absolute atomic E-state index is 13.7. The number of aliphatic hydroxyl groups excluding tert-OH is 1. The highest BCUT2D eigenvalue weighted by molar-refractivity contribution is 7.95. The number of hydrogen-bond acceptors (Lipinski definition) is 5. The number of benzene rings is 3. The summed E-state index contributed by atoms with van der Waals surface area (Å²) in [5.74, 6) is 0.792. The molecule has 6 heteroatoms. The van der Waals surface area contributed by atoms with Gasteiger partial charge in [0.25, 0.3) is 0 Å². The van der Waals surface area contributed by atoms with Crippen LogP contribution in [0.25, 0.3) is 5.70 Å². The molecule has 0 aromatic heterocycles. The molecule has 1 aliphatic heterocycles. The van der Waals surface area contributed by atoms with Crippen molar-refractivity contribution in [1.29, 1.82) is 0 Å². The van der Waals surface area contributed by atoms with Gasteiger partial charge in [-0.05, 0) is 53.8 Å². The molecule has 1 aliphatic rings. The van der Waals surface area contributed by atoms with Crippen LogP contribution < -0.4 is 4.74 Å². The van der Waals surface area contributed by atoms with Gasteiger partial charge in [0.1, 0.15) is 5.75 Å². The van der Waals surface area contributed by atoms with E-state index in [2.05, 4.69) is 4.90 Å². The van der Waals surface area contributed by atoms with E-state index in [1.807, 2.05) is 54.6 Å². The topological polar surface area (TPSA) is 66.8 Å². The van der Waals surface area contributed by atoms with Crippen molar-refractivity contribution in [2.45, 2.75) is 30.9 Å². The molecule has 0 fully saturated rings. The first-order chi connectivity index (χ1) is 15.5. The summed E-state index contributed by atoms with van der Waals surface area (Å²) in [4.78, 5) is 2.86. The molecular weight excluding hydrogens is 422 g/mol. The summed E-state index contributed by atoms with van der Waals surface area (Å²) in [5, 5.41) is 9.31. The van der Waals surface area contributed by atoms with E-state index in [0.29, 0.717) is 23.4 Å². The zero-order chi connectivity index (χ0) is 22.6. The van der Waals surface area contributed by atoms with E-state index in [1.165, 1.54) is 0 Å². The molecule has 1 N–H and O–H groups in total. The van der Waals surface area contributed by atoms with Crippen molar-refractivity contribution >= 4 is 15.5 Å². The molecule has 32 heavy (non-hydrogen) atoms. The molecule has 0 bridgehead atoms. The van der Waals surface area contributed by atoms with E-state index < -0.39 is 9.84 Å². The first kappa shape index (κ1) is 22.1. The lowest BCUT2D eigenvalue weighted by Gasteiger charge is -2.34. The van der Waals surface area contributed by atoms with Gasteiger partial charge in [-0.25, -0.2) is 8.42 Å². The van der Waals surface area contributed by atoms with Crippen LogP contribution in [0.15, 0.2) is 88.7 Å². The Bertz CT molecular complexity index is 1180. The minimum Gasteiger partial charge on any atom is -0.497 e. The predicted molar refractivity (Wildman–Crippen MR) is 126 cm³/mol. The van der Waals surface area contributed by atoms with Crippen molar-refractivity contribution in [3.05, 3.63) is 100 Å². The Balaban J connectivity index is 1.79. The molecule has 0 amide bonds. The van der Waals surface area contributed by atoms with Gasteiger partial charge in [0.15, 0.2) is 0 Å². The zero-order valence-corrected chi connectivity index (χ0v) is 18.9. The van der Waals surface area contributed by atoms with E-state index in [0.717, 1.165) is 35.5 Å². The fourth-order valence-corrected chi connectivity index (χ4v) is 5.76. The summed E-state index contributed by atoms with van der Waals surface area (Å²) in [6.07, 6.45) is 1.25. The van der Waals surface area contributed by atoms with Crippen LogP contribution in [0.2, 0.25) is 0 Å². The maximum atomic E-state index is 13.7. The molecule has 0 atom stereocenters. The molecule has 3 aromatic carbocycles. The van der Waals surface area contributed by atoms with Crippen LogP contribution in [-0.4, -0.2) is 32.1 Å². The van der Waals surface area contributed by atoms with Crippen LogP contribution in [0.3, 0.4) is 0 Å². The van der Waals surface area contributed by atoms with E-state index in [4.69, 9.17) is 4.74 Å². The normalized spacial score (nSPS) is 14.5. The van der Waals surface area contributed by atoms with Gasteiger partial charge in [-0.2, -0.15) is 0 Å². The second kappa shape index (κ2) is 9.59. The maximum Gasteiger partial charge on any atom is 0.204 e. The van der Waals surface area contributed by atoms with Crippen LogP contribution in [0.5, 0.6) is 5.75 Å². The van der Waals surface area contributed by atoms with Gasteiger partial charge in [0.2, 0.25) is 9.84 Å². The van der Waals surface area contributed by atoms with Gasteiger partial charge in [0.05, 0.1) is 29.2 Å². The third kappa shape index (κ3) is 4.56. The quantitative estimate of drug-likeness (QED) is 0.570. The fourth-order valence-electron chi connectivity index (χ4n) is 4.06. The lowest BCUT2D eigenvalue weighted by molar-refractivity contribution is 0.282. The Morgan fingerprint density at radius 3 is 2.19 bits per heavy atom. The Morgan fingerprint density at radius 1 is 0.906 bits per heavy atom. The molecule has 0 unspecified atom stereocenters. The van der Waals surface area contributed by atoms with Crippen molar-refractivity contribution in [1.82, 2.24) is 4.90 Å². The van der Waals surface area contributed by atoms with Gasteiger partial charge in [-0.15, -0.1) is 0 Å². The fraction of sp³-hybridized carbons (Fsp3) is 0.231. The highest BCUT2D eigenvalue weighted by Gasteiger charge is 2.31. The van der Waals surface area contributed by atoms with Gasteiger partial charge >= 0.3 is 0 Å². The number of sulfone groups is 1. The average Bonchev–Trinajstić information content (AvgIpc) is 2.85. The molecule has 0 spiro atoms. The summed E-state index contributed by atoms with van der Waals surface area (Å²) in [6, 6.07) is 24.1. The van der Waals surface area contributed by atoms with Crippen LogP contribution in [0.4, 0.5) is 0 Å². The molecule has 3 aromatic rings. The summed E-state index contributed by atoms with van der Waals surface area (Å²) < 4.78 is 32.6. The largest absolute Gasteiger partial charge is 0.497 e. The number of rotatable bonds is 7. The number of nitrogens with zero attached hydrogens (tertiary/aromatic N) is 1. The van der Waals surface area contributed by atoms with Crippen LogP contribution >= 0.6 is 0 Å². The molecule has 4 rings (SSSR count). The molecule has 0 radical (unpaired) electrons. The number of ether oxygens (including phenoxy) is 1. The smallest absolute Gasteiger partial charge is 0.204 e. The predicted octanol–water partition coefficient (Wildman–Crippen LogP) is 4.63. The lowest BCUT2D eigenvalue weighted by Crippen LogP contribution is -2.29. The first-order valence-electron chi connectivity index (χ1n) is 10.6. The third-order valence-electron chi connectivity index (χ3n) is 5.73. The van der Waals surface area contributed by atoms with E-state index in [9.17, 15) is 13.5 Å². The number of hydrogen-bond donors (Lipinski definition) is 1. The lowest BCUT2D eigenvalue weighted by atomic mass is 10.0. The van der Waals surface area contributed by atoms with Crippen molar-refractivity contribution < 1.29 is 18.3 Å². The minimum atomic E-state index is -3.68. The van der Waals surface area contributed by atoms with E-state index >= 15 is 0 Å².